The highest BCUT2D eigenvalue weighted by Gasteiger charge is 2.58. The second-order valence-electron chi connectivity index (χ2n) is 9.17. The van der Waals surface area contributed by atoms with Crippen molar-refractivity contribution >= 4 is 29.2 Å². The zero-order chi connectivity index (χ0) is 21.5. The number of urea groups is 1. The van der Waals surface area contributed by atoms with Gasteiger partial charge in [0.1, 0.15) is 12.1 Å². The van der Waals surface area contributed by atoms with Crippen molar-refractivity contribution in [3.05, 3.63) is 23.8 Å². The summed E-state index contributed by atoms with van der Waals surface area (Å²) >= 11 is 0. The van der Waals surface area contributed by atoms with Gasteiger partial charge in [-0.2, -0.15) is 0 Å². The van der Waals surface area contributed by atoms with Crippen LogP contribution in [0.25, 0.3) is 0 Å². The van der Waals surface area contributed by atoms with Crippen LogP contribution in [0.15, 0.2) is 18.2 Å². The third-order valence-corrected chi connectivity index (χ3v) is 7.22. The van der Waals surface area contributed by atoms with E-state index in [4.69, 9.17) is 0 Å². The molecule has 3 fully saturated rings. The summed E-state index contributed by atoms with van der Waals surface area (Å²) in [5.41, 5.74) is 2.11. The summed E-state index contributed by atoms with van der Waals surface area (Å²) in [7, 11) is 0. The second kappa shape index (κ2) is 7.93. The van der Waals surface area contributed by atoms with Crippen molar-refractivity contribution in [1.82, 2.24) is 10.2 Å². The average molecular weight is 413 g/mol. The molecule has 1 unspecified atom stereocenters. The SMILES string of the molecule is Cc1cc(NC(=O)CN2C(=O)NC3(C2=O)[C@H](C)CCC[C@@H]3C)ccc1N1CCCC1. The van der Waals surface area contributed by atoms with E-state index in [9.17, 15) is 14.4 Å². The van der Waals surface area contributed by atoms with Gasteiger partial charge in [0.25, 0.3) is 5.91 Å². The van der Waals surface area contributed by atoms with E-state index in [0.29, 0.717) is 5.69 Å². The molecule has 1 aromatic carbocycles. The second-order valence-corrected chi connectivity index (χ2v) is 9.17. The van der Waals surface area contributed by atoms with Crippen LogP contribution in [0.4, 0.5) is 16.2 Å². The van der Waals surface area contributed by atoms with Crippen LogP contribution < -0.4 is 15.5 Å². The molecule has 4 amide bonds. The Bertz CT molecular complexity index is 852. The molecule has 1 saturated carbocycles. The van der Waals surface area contributed by atoms with E-state index in [2.05, 4.69) is 15.5 Å². The number of anilines is 2. The maximum absolute atomic E-state index is 13.2. The number of benzene rings is 1. The van der Waals surface area contributed by atoms with Gasteiger partial charge in [-0.05, 0) is 68.2 Å². The van der Waals surface area contributed by atoms with Gasteiger partial charge in [-0.15, -0.1) is 0 Å². The van der Waals surface area contributed by atoms with Gasteiger partial charge in [-0.25, -0.2) is 4.79 Å². The van der Waals surface area contributed by atoms with E-state index >= 15 is 0 Å². The van der Waals surface area contributed by atoms with Crippen LogP contribution in [0.2, 0.25) is 0 Å². The molecule has 1 aliphatic carbocycles. The molecule has 7 heteroatoms. The van der Waals surface area contributed by atoms with Gasteiger partial charge in [0.2, 0.25) is 5.91 Å². The van der Waals surface area contributed by atoms with Gasteiger partial charge in [0.15, 0.2) is 0 Å². The van der Waals surface area contributed by atoms with Crippen molar-refractivity contribution in [2.24, 2.45) is 11.8 Å². The maximum Gasteiger partial charge on any atom is 0.325 e. The molecule has 4 rings (SSSR count). The Morgan fingerprint density at radius 1 is 1.13 bits per heavy atom. The molecule has 0 aromatic heterocycles. The van der Waals surface area contributed by atoms with E-state index in [1.54, 1.807) is 0 Å². The molecule has 7 nitrogen and oxygen atoms in total. The van der Waals surface area contributed by atoms with Crippen molar-refractivity contribution in [1.29, 1.82) is 0 Å². The highest BCUT2D eigenvalue weighted by molar-refractivity contribution is 6.10. The first-order valence-corrected chi connectivity index (χ1v) is 11.1. The number of imide groups is 1. The number of carbonyl (C=O) groups excluding carboxylic acids is 3. The van der Waals surface area contributed by atoms with Crippen molar-refractivity contribution in [2.45, 2.75) is 58.4 Å². The summed E-state index contributed by atoms with van der Waals surface area (Å²) in [6.07, 6.45) is 5.28. The Morgan fingerprint density at radius 2 is 1.80 bits per heavy atom. The largest absolute Gasteiger partial charge is 0.371 e. The zero-order valence-corrected chi connectivity index (χ0v) is 18.2. The van der Waals surface area contributed by atoms with E-state index in [1.165, 1.54) is 18.5 Å². The molecule has 0 bridgehead atoms. The van der Waals surface area contributed by atoms with E-state index in [1.807, 2.05) is 39.0 Å². The lowest BCUT2D eigenvalue weighted by Crippen LogP contribution is -2.59. The first-order chi connectivity index (χ1) is 14.3. The van der Waals surface area contributed by atoms with Gasteiger partial charge in [0, 0.05) is 24.5 Å². The molecular formula is C23H32N4O3. The molecule has 2 aliphatic heterocycles. The van der Waals surface area contributed by atoms with Crippen molar-refractivity contribution in [3.63, 3.8) is 0 Å². The van der Waals surface area contributed by atoms with Crippen LogP contribution in [0, 0.1) is 18.8 Å². The van der Waals surface area contributed by atoms with Gasteiger partial charge in [0.05, 0.1) is 0 Å². The Balaban J connectivity index is 1.43. The highest BCUT2D eigenvalue weighted by atomic mass is 16.2. The molecule has 2 saturated heterocycles. The van der Waals surface area contributed by atoms with Crippen LogP contribution in [0.3, 0.4) is 0 Å². The summed E-state index contributed by atoms with van der Waals surface area (Å²) in [6, 6.07) is 5.41. The summed E-state index contributed by atoms with van der Waals surface area (Å²) in [5.74, 6) is -0.499. The normalized spacial score (nSPS) is 28.9. The van der Waals surface area contributed by atoms with Crippen molar-refractivity contribution in [2.75, 3.05) is 29.9 Å². The smallest absolute Gasteiger partial charge is 0.325 e. The predicted molar refractivity (Wildman–Crippen MR) is 116 cm³/mol. The first kappa shape index (κ1) is 20.7. The minimum Gasteiger partial charge on any atom is -0.371 e. The summed E-state index contributed by atoms with van der Waals surface area (Å²) in [4.78, 5) is 41.9. The topological polar surface area (TPSA) is 81.8 Å². The molecule has 3 atom stereocenters. The molecule has 1 spiro atoms. The number of carbonyl (C=O) groups is 3. The van der Waals surface area contributed by atoms with E-state index in [-0.39, 0.29) is 30.2 Å². The number of aryl methyl sites for hydroxylation is 1. The fourth-order valence-electron chi connectivity index (χ4n) is 5.49. The number of amides is 4. The Morgan fingerprint density at radius 3 is 2.43 bits per heavy atom. The molecule has 162 valence electrons. The summed E-state index contributed by atoms with van der Waals surface area (Å²) in [5, 5.41) is 5.79. The lowest BCUT2D eigenvalue weighted by atomic mass is 9.67. The number of rotatable bonds is 4. The standard InChI is InChI=1S/C23H32N4O3/c1-15-13-18(9-10-19(15)26-11-4-5-12-26)24-20(28)14-27-21(29)23(25-22(27)30)16(2)7-6-8-17(23)3/h9-10,13,16-17H,4-8,11-12,14H2,1-3H3,(H,24,28)(H,25,30)/t16-,17+,23?. The lowest BCUT2D eigenvalue weighted by molar-refractivity contribution is -0.138. The molecule has 30 heavy (non-hydrogen) atoms. The third kappa shape index (κ3) is 3.44. The number of hydrogen-bond donors (Lipinski definition) is 2. The van der Waals surface area contributed by atoms with Crippen LogP contribution >= 0.6 is 0 Å². The molecular weight excluding hydrogens is 380 g/mol. The summed E-state index contributed by atoms with van der Waals surface area (Å²) < 4.78 is 0. The van der Waals surface area contributed by atoms with E-state index in [0.717, 1.165) is 42.8 Å². The first-order valence-electron chi connectivity index (χ1n) is 11.1. The minimum atomic E-state index is -0.871. The van der Waals surface area contributed by atoms with Gasteiger partial charge in [-0.3, -0.25) is 14.5 Å². The number of nitrogens with zero attached hydrogens (tertiary/aromatic N) is 2. The monoisotopic (exact) mass is 412 g/mol. The van der Waals surface area contributed by atoms with Gasteiger partial charge >= 0.3 is 6.03 Å². The zero-order valence-electron chi connectivity index (χ0n) is 18.2. The Hall–Kier alpha value is -2.57. The lowest BCUT2D eigenvalue weighted by Gasteiger charge is -2.42. The van der Waals surface area contributed by atoms with E-state index < -0.39 is 11.6 Å². The fraction of sp³-hybridized carbons (Fsp3) is 0.609. The molecule has 2 N–H and O–H groups in total. The number of nitrogens with one attached hydrogen (secondary N) is 2. The van der Waals surface area contributed by atoms with Gasteiger partial charge in [-0.1, -0.05) is 20.3 Å². The fourth-order valence-corrected chi connectivity index (χ4v) is 5.49. The Kier molecular flexibility index (Phi) is 5.47. The minimum absolute atomic E-state index is 0.0616. The van der Waals surface area contributed by atoms with Crippen molar-refractivity contribution < 1.29 is 14.4 Å². The molecule has 2 heterocycles. The van der Waals surface area contributed by atoms with Crippen LogP contribution in [0.1, 0.15) is 51.5 Å². The molecule has 1 aromatic rings. The van der Waals surface area contributed by atoms with Crippen molar-refractivity contribution in [3.8, 4) is 0 Å². The van der Waals surface area contributed by atoms with Crippen LogP contribution in [0.5, 0.6) is 0 Å². The summed E-state index contributed by atoms with van der Waals surface area (Å²) in [6.45, 7) is 7.94. The van der Waals surface area contributed by atoms with Crippen LogP contribution in [-0.4, -0.2) is 47.9 Å². The highest BCUT2D eigenvalue weighted by Crippen LogP contribution is 2.42. The average Bonchev–Trinajstić information content (AvgIpc) is 3.30. The molecule has 0 radical (unpaired) electrons. The van der Waals surface area contributed by atoms with Crippen LogP contribution in [-0.2, 0) is 9.59 Å². The quantitative estimate of drug-likeness (QED) is 0.744. The Labute approximate surface area is 178 Å². The maximum atomic E-state index is 13.2. The predicted octanol–water partition coefficient (Wildman–Crippen LogP) is 3.28. The third-order valence-electron chi connectivity index (χ3n) is 7.22. The number of hydrogen-bond acceptors (Lipinski definition) is 4. The van der Waals surface area contributed by atoms with Gasteiger partial charge < -0.3 is 15.5 Å². The molecule has 3 aliphatic rings.